The second-order valence-corrected chi connectivity index (χ2v) is 2.36. The largest absolute Gasteiger partial charge is 0.162 e. The lowest BCUT2D eigenvalue weighted by atomic mass is 10.1. The van der Waals surface area contributed by atoms with Crippen molar-refractivity contribution in [2.45, 2.75) is 13.3 Å². The number of rotatable bonds is 0. The van der Waals surface area contributed by atoms with Crippen molar-refractivity contribution in [2.75, 3.05) is 0 Å². The van der Waals surface area contributed by atoms with Crippen molar-refractivity contribution in [3.8, 4) is 0 Å². The Hall–Kier alpha value is -0.370. The van der Waals surface area contributed by atoms with Gasteiger partial charge in [0.05, 0.1) is 0 Å². The number of hydrogen-bond acceptors (Lipinski definition) is 2. The summed E-state index contributed by atoms with van der Waals surface area (Å²) in [5, 5.41) is 7.91. The van der Waals surface area contributed by atoms with Crippen molar-refractivity contribution in [3.05, 3.63) is 0 Å². The Morgan fingerprint density at radius 2 is 2.62 bits per heavy atom. The van der Waals surface area contributed by atoms with Crippen molar-refractivity contribution in [2.24, 2.45) is 16.1 Å². The van der Waals surface area contributed by atoms with E-state index in [4.69, 9.17) is 11.6 Å². The third-order valence-electron chi connectivity index (χ3n) is 0.978. The van der Waals surface area contributed by atoms with Crippen LogP contribution in [0.3, 0.4) is 0 Å². The molecular weight excluding hydrogens is 124 g/mol. The van der Waals surface area contributed by atoms with Gasteiger partial charge in [0.25, 0.3) is 0 Å². The van der Waals surface area contributed by atoms with Gasteiger partial charge in [0.15, 0.2) is 0 Å². The van der Waals surface area contributed by atoms with Crippen LogP contribution in [0.15, 0.2) is 10.2 Å². The molecule has 0 aromatic rings. The Morgan fingerprint density at radius 3 is 3.00 bits per heavy atom. The normalized spacial score (nSPS) is 27.8. The smallest absolute Gasteiger partial charge is 0.129 e. The lowest BCUT2D eigenvalue weighted by molar-refractivity contribution is 0.817. The lowest BCUT2D eigenvalue weighted by Crippen LogP contribution is -2.04. The van der Waals surface area contributed by atoms with Crippen LogP contribution in [0.1, 0.15) is 13.3 Å². The molecule has 0 saturated heterocycles. The summed E-state index contributed by atoms with van der Waals surface area (Å²) in [5.74, 6) is 0.458. The van der Waals surface area contributed by atoms with Crippen LogP contribution in [0.25, 0.3) is 0 Å². The predicted octanol–water partition coefficient (Wildman–Crippen LogP) is 1.65. The number of nitrogens with zero attached hydrogens (tertiary/aromatic N) is 2. The molecule has 0 spiro atoms. The Kier molecular flexibility index (Phi) is 1.63. The van der Waals surface area contributed by atoms with Crippen LogP contribution in [-0.4, -0.2) is 11.4 Å². The molecule has 0 aromatic carbocycles. The zero-order chi connectivity index (χ0) is 5.98. The highest BCUT2D eigenvalue weighted by molar-refractivity contribution is 6.65. The highest BCUT2D eigenvalue weighted by Gasteiger charge is 2.05. The molecule has 2 nitrogen and oxygen atoms in total. The van der Waals surface area contributed by atoms with Crippen LogP contribution in [-0.2, 0) is 0 Å². The molecule has 1 rings (SSSR count). The van der Waals surface area contributed by atoms with Crippen molar-refractivity contribution < 1.29 is 0 Å². The van der Waals surface area contributed by atoms with Crippen LogP contribution in [0.2, 0.25) is 0 Å². The maximum absolute atomic E-state index is 5.55. The number of hydrogen-bond donors (Lipinski definition) is 0. The third-order valence-corrected chi connectivity index (χ3v) is 1.21. The van der Waals surface area contributed by atoms with Gasteiger partial charge in [-0.2, -0.15) is 5.10 Å². The topological polar surface area (TPSA) is 24.7 Å². The fourth-order valence-corrected chi connectivity index (χ4v) is 0.856. The van der Waals surface area contributed by atoms with E-state index in [1.807, 2.05) is 0 Å². The first-order valence-electron chi connectivity index (χ1n) is 2.54. The second kappa shape index (κ2) is 2.27. The third kappa shape index (κ3) is 1.30. The summed E-state index contributed by atoms with van der Waals surface area (Å²) >= 11 is 5.55. The Bertz CT molecular complexity index is 139. The molecule has 0 aromatic heterocycles. The molecule has 8 heavy (non-hydrogen) atoms. The van der Waals surface area contributed by atoms with Crippen LogP contribution < -0.4 is 0 Å². The molecule has 0 saturated carbocycles. The minimum atomic E-state index is 0.458. The molecule has 0 radical (unpaired) electrons. The summed E-state index contributed by atoms with van der Waals surface area (Å²) < 4.78 is 0. The zero-order valence-corrected chi connectivity index (χ0v) is 5.39. The van der Waals surface area contributed by atoms with E-state index in [-0.39, 0.29) is 0 Å². The van der Waals surface area contributed by atoms with Crippen LogP contribution >= 0.6 is 11.6 Å². The van der Waals surface area contributed by atoms with Crippen molar-refractivity contribution in [1.29, 1.82) is 0 Å². The summed E-state index contributed by atoms with van der Waals surface area (Å²) in [7, 11) is 0. The van der Waals surface area contributed by atoms with E-state index in [0.717, 1.165) is 6.42 Å². The van der Waals surface area contributed by atoms with Crippen LogP contribution in [0.4, 0.5) is 0 Å². The van der Waals surface area contributed by atoms with E-state index >= 15 is 0 Å². The van der Waals surface area contributed by atoms with Crippen molar-refractivity contribution in [3.63, 3.8) is 0 Å². The Labute approximate surface area is 53.3 Å². The van der Waals surface area contributed by atoms with Crippen molar-refractivity contribution >= 4 is 23.0 Å². The monoisotopic (exact) mass is 130 g/mol. The van der Waals surface area contributed by atoms with E-state index in [9.17, 15) is 0 Å². The van der Waals surface area contributed by atoms with Gasteiger partial charge in [0, 0.05) is 12.6 Å². The number of halogens is 1. The minimum Gasteiger partial charge on any atom is -0.162 e. The van der Waals surface area contributed by atoms with Gasteiger partial charge in [-0.05, 0) is 5.92 Å². The molecule has 44 valence electrons. The van der Waals surface area contributed by atoms with Gasteiger partial charge < -0.3 is 0 Å². The highest BCUT2D eigenvalue weighted by atomic mass is 35.5. The molecule has 1 aliphatic rings. The van der Waals surface area contributed by atoms with E-state index in [1.165, 1.54) is 0 Å². The van der Waals surface area contributed by atoms with Crippen molar-refractivity contribution in [1.82, 2.24) is 0 Å². The van der Waals surface area contributed by atoms with E-state index in [0.29, 0.717) is 11.1 Å². The van der Waals surface area contributed by atoms with Crippen LogP contribution in [0, 0.1) is 5.92 Å². The molecule has 0 N–H and O–H groups in total. The average molecular weight is 131 g/mol. The van der Waals surface area contributed by atoms with Gasteiger partial charge in [0.2, 0.25) is 0 Å². The molecule has 1 atom stereocenters. The molecule has 3 heteroatoms. The fourth-order valence-electron chi connectivity index (χ4n) is 0.569. The predicted molar refractivity (Wildman–Crippen MR) is 35.6 cm³/mol. The fraction of sp³-hybridized carbons (Fsp3) is 0.600. The second-order valence-electron chi connectivity index (χ2n) is 1.92. The summed E-state index contributed by atoms with van der Waals surface area (Å²) in [6.45, 7) is 2.06. The van der Waals surface area contributed by atoms with Gasteiger partial charge in [-0.3, -0.25) is 0 Å². The summed E-state index contributed by atoms with van der Waals surface area (Å²) in [5.41, 5.74) is 0. The first kappa shape index (κ1) is 5.76. The summed E-state index contributed by atoms with van der Waals surface area (Å²) in [6.07, 6.45) is 2.64. The Balaban J connectivity index is 2.59. The van der Waals surface area contributed by atoms with Gasteiger partial charge in [-0.1, -0.05) is 18.5 Å². The lowest BCUT2D eigenvalue weighted by Gasteiger charge is -2.04. The highest BCUT2D eigenvalue weighted by Crippen LogP contribution is 2.08. The summed E-state index contributed by atoms with van der Waals surface area (Å²) in [4.78, 5) is 0. The molecule has 0 aliphatic carbocycles. The summed E-state index contributed by atoms with van der Waals surface area (Å²) in [6, 6.07) is 0. The van der Waals surface area contributed by atoms with Crippen LogP contribution in [0.5, 0.6) is 0 Å². The molecule has 1 heterocycles. The van der Waals surface area contributed by atoms with Gasteiger partial charge in [-0.25, -0.2) is 0 Å². The maximum atomic E-state index is 5.55. The quantitative estimate of drug-likeness (QED) is 0.477. The molecule has 0 fully saturated rings. The first-order chi connectivity index (χ1) is 3.79. The molecule has 0 bridgehead atoms. The average Bonchev–Trinajstić information content (AvgIpc) is 1.64. The Morgan fingerprint density at radius 1 is 1.88 bits per heavy atom. The minimum absolute atomic E-state index is 0.458. The van der Waals surface area contributed by atoms with Gasteiger partial charge in [0.1, 0.15) is 5.17 Å². The molecule has 0 amide bonds. The molecular formula is C5H7ClN2. The zero-order valence-electron chi connectivity index (χ0n) is 4.63. The maximum Gasteiger partial charge on any atom is 0.129 e. The van der Waals surface area contributed by atoms with Gasteiger partial charge in [-0.15, -0.1) is 5.10 Å². The van der Waals surface area contributed by atoms with E-state index in [1.54, 1.807) is 6.21 Å². The van der Waals surface area contributed by atoms with E-state index < -0.39 is 0 Å². The SMILES string of the molecule is CC1C=NN=C(Cl)C1. The first-order valence-corrected chi connectivity index (χ1v) is 2.92. The molecule has 1 unspecified atom stereocenters. The molecule has 1 aliphatic heterocycles. The van der Waals surface area contributed by atoms with Gasteiger partial charge >= 0.3 is 0 Å². The van der Waals surface area contributed by atoms with E-state index in [2.05, 4.69) is 17.1 Å². The standard InChI is InChI=1S/C5H7ClN2/c1-4-2-5(6)8-7-3-4/h3-4H,2H2,1H3.